The average Bonchev–Trinajstić information content (AvgIpc) is 2.42. The summed E-state index contributed by atoms with van der Waals surface area (Å²) in [6, 6.07) is 3.96. The van der Waals surface area contributed by atoms with E-state index < -0.39 is 5.60 Å². The molecule has 3 nitrogen and oxygen atoms in total. The number of ether oxygens (including phenoxy) is 1. The highest BCUT2D eigenvalue weighted by molar-refractivity contribution is 5.88. The van der Waals surface area contributed by atoms with E-state index in [0.29, 0.717) is 19.3 Å². The predicted molar refractivity (Wildman–Crippen MR) is 72.6 cm³/mol. The Bertz CT molecular complexity index is 372. The van der Waals surface area contributed by atoms with Crippen molar-refractivity contribution in [1.82, 2.24) is 4.98 Å². The number of pyridine rings is 1. The molecule has 0 aromatic carbocycles. The quantitative estimate of drug-likeness (QED) is 0.745. The Morgan fingerprint density at radius 3 is 2.33 bits per heavy atom. The van der Waals surface area contributed by atoms with Crippen LogP contribution in [-0.2, 0) is 22.4 Å². The number of ketones is 1. The largest absolute Gasteiger partial charge is 0.370 e. The molecule has 0 N–H and O–H groups in total. The number of aromatic nitrogens is 1. The highest BCUT2D eigenvalue weighted by atomic mass is 16.5. The Hall–Kier alpha value is -1.22. The van der Waals surface area contributed by atoms with Crippen LogP contribution in [0.4, 0.5) is 0 Å². The molecule has 0 amide bonds. The average molecular weight is 249 g/mol. The van der Waals surface area contributed by atoms with Gasteiger partial charge in [0, 0.05) is 19.0 Å². The fraction of sp³-hybridized carbons (Fsp3) is 0.600. The van der Waals surface area contributed by atoms with Crippen molar-refractivity contribution in [3.8, 4) is 0 Å². The van der Waals surface area contributed by atoms with Crippen LogP contribution < -0.4 is 0 Å². The van der Waals surface area contributed by atoms with Gasteiger partial charge in [0.25, 0.3) is 0 Å². The van der Waals surface area contributed by atoms with E-state index in [4.69, 9.17) is 4.74 Å². The first-order chi connectivity index (χ1) is 8.61. The molecule has 1 rings (SSSR count). The van der Waals surface area contributed by atoms with Gasteiger partial charge in [-0.25, -0.2) is 0 Å². The van der Waals surface area contributed by atoms with Gasteiger partial charge in [-0.2, -0.15) is 0 Å². The third-order valence-electron chi connectivity index (χ3n) is 3.68. The minimum atomic E-state index is -0.648. The zero-order valence-electron chi connectivity index (χ0n) is 11.8. The maximum absolute atomic E-state index is 12.3. The molecule has 0 bridgehead atoms. The summed E-state index contributed by atoms with van der Waals surface area (Å²) in [6.07, 6.45) is 4.55. The first kappa shape index (κ1) is 14.8. The van der Waals surface area contributed by atoms with Gasteiger partial charge in [0.05, 0.1) is 6.42 Å². The second-order valence-corrected chi connectivity index (χ2v) is 4.52. The maximum atomic E-state index is 12.3. The number of hydrogen-bond acceptors (Lipinski definition) is 3. The Morgan fingerprint density at radius 1 is 1.28 bits per heavy atom. The summed E-state index contributed by atoms with van der Waals surface area (Å²) in [7, 11) is 1.61. The topological polar surface area (TPSA) is 39.2 Å². The lowest BCUT2D eigenvalue weighted by Gasteiger charge is -2.28. The zero-order chi connectivity index (χ0) is 13.6. The van der Waals surface area contributed by atoms with Gasteiger partial charge >= 0.3 is 0 Å². The third-order valence-corrected chi connectivity index (χ3v) is 3.68. The maximum Gasteiger partial charge on any atom is 0.170 e. The molecule has 0 unspecified atom stereocenters. The molecule has 3 heteroatoms. The highest BCUT2D eigenvalue weighted by Crippen LogP contribution is 2.22. The lowest BCUT2D eigenvalue weighted by atomic mass is 9.89. The molecular formula is C15H23NO2. The molecule has 1 aromatic rings. The highest BCUT2D eigenvalue weighted by Gasteiger charge is 2.34. The molecule has 0 aliphatic carbocycles. The fourth-order valence-electron chi connectivity index (χ4n) is 2.14. The van der Waals surface area contributed by atoms with E-state index in [1.807, 2.05) is 32.2 Å². The molecule has 18 heavy (non-hydrogen) atoms. The van der Waals surface area contributed by atoms with Crippen LogP contribution in [0.1, 0.15) is 44.9 Å². The fourth-order valence-corrected chi connectivity index (χ4v) is 2.14. The van der Waals surface area contributed by atoms with Crippen molar-refractivity contribution in [2.75, 3.05) is 7.11 Å². The van der Waals surface area contributed by atoms with E-state index >= 15 is 0 Å². The molecular weight excluding hydrogens is 226 g/mol. The van der Waals surface area contributed by atoms with Gasteiger partial charge in [0.2, 0.25) is 0 Å². The minimum absolute atomic E-state index is 0.117. The molecule has 1 aromatic heterocycles. The van der Waals surface area contributed by atoms with Crippen molar-refractivity contribution in [2.24, 2.45) is 0 Å². The monoisotopic (exact) mass is 249 g/mol. The Labute approximate surface area is 110 Å². The van der Waals surface area contributed by atoms with E-state index in [9.17, 15) is 4.79 Å². The number of rotatable bonds is 7. The molecule has 0 aliphatic heterocycles. The van der Waals surface area contributed by atoms with E-state index in [1.165, 1.54) is 5.56 Å². The van der Waals surface area contributed by atoms with Gasteiger partial charge in [-0.3, -0.25) is 9.78 Å². The molecule has 0 atom stereocenters. The lowest BCUT2D eigenvalue weighted by molar-refractivity contribution is -0.141. The second-order valence-electron chi connectivity index (χ2n) is 4.52. The smallest absolute Gasteiger partial charge is 0.170 e. The van der Waals surface area contributed by atoms with E-state index in [-0.39, 0.29) is 5.78 Å². The van der Waals surface area contributed by atoms with Crippen LogP contribution in [-0.4, -0.2) is 23.5 Å². The van der Waals surface area contributed by atoms with Crippen LogP contribution >= 0.6 is 0 Å². The van der Waals surface area contributed by atoms with Gasteiger partial charge < -0.3 is 4.74 Å². The van der Waals surface area contributed by atoms with Crippen molar-refractivity contribution >= 4 is 5.78 Å². The van der Waals surface area contributed by atoms with Crippen LogP contribution in [0.25, 0.3) is 0 Å². The second kappa shape index (κ2) is 6.64. The van der Waals surface area contributed by atoms with Gasteiger partial charge in [-0.1, -0.05) is 26.8 Å². The number of Topliss-reactive ketones (excluding diaryl/α,β-unsaturated/α-hetero) is 1. The third kappa shape index (κ3) is 3.16. The van der Waals surface area contributed by atoms with Crippen molar-refractivity contribution in [1.29, 1.82) is 0 Å². The van der Waals surface area contributed by atoms with Crippen LogP contribution in [0.3, 0.4) is 0 Å². The normalized spacial score (nSPS) is 11.6. The number of carbonyl (C=O) groups excluding carboxylic acids is 1. The summed E-state index contributed by atoms with van der Waals surface area (Å²) in [5.41, 5.74) is 1.36. The summed E-state index contributed by atoms with van der Waals surface area (Å²) in [5.74, 6) is 0.117. The van der Waals surface area contributed by atoms with Gasteiger partial charge in [0.15, 0.2) is 5.78 Å². The summed E-state index contributed by atoms with van der Waals surface area (Å²) >= 11 is 0. The number of methoxy groups -OCH3 is 1. The van der Waals surface area contributed by atoms with E-state index in [1.54, 1.807) is 7.11 Å². The van der Waals surface area contributed by atoms with Crippen molar-refractivity contribution in [2.45, 2.75) is 52.1 Å². The van der Waals surface area contributed by atoms with Gasteiger partial charge in [-0.15, -0.1) is 0 Å². The molecule has 0 radical (unpaired) electrons. The first-order valence-electron chi connectivity index (χ1n) is 6.64. The molecule has 1 heterocycles. The van der Waals surface area contributed by atoms with Crippen molar-refractivity contribution in [3.05, 3.63) is 29.6 Å². The lowest BCUT2D eigenvalue weighted by Crippen LogP contribution is -2.40. The number of carbonyl (C=O) groups is 1. The molecule has 0 saturated carbocycles. The van der Waals surface area contributed by atoms with Crippen LogP contribution in [0, 0.1) is 0 Å². The summed E-state index contributed by atoms with van der Waals surface area (Å²) < 4.78 is 5.44. The van der Waals surface area contributed by atoms with Crippen LogP contribution in [0.5, 0.6) is 0 Å². The molecule has 0 spiro atoms. The molecule has 0 saturated heterocycles. The summed E-state index contributed by atoms with van der Waals surface area (Å²) in [5, 5.41) is 0. The summed E-state index contributed by atoms with van der Waals surface area (Å²) in [4.78, 5) is 16.6. The van der Waals surface area contributed by atoms with Crippen molar-refractivity contribution in [3.63, 3.8) is 0 Å². The number of hydrogen-bond donors (Lipinski definition) is 0. The molecule has 0 fully saturated rings. The first-order valence-corrected chi connectivity index (χ1v) is 6.64. The predicted octanol–water partition coefficient (Wildman–Crippen LogP) is 2.96. The number of nitrogens with zero attached hydrogens (tertiary/aromatic N) is 1. The van der Waals surface area contributed by atoms with Crippen LogP contribution in [0.15, 0.2) is 18.3 Å². The van der Waals surface area contributed by atoms with Gasteiger partial charge in [0.1, 0.15) is 5.60 Å². The summed E-state index contributed by atoms with van der Waals surface area (Å²) in [6.45, 7) is 6.06. The minimum Gasteiger partial charge on any atom is -0.370 e. The Balaban J connectivity index is 2.79. The Kier molecular flexibility index (Phi) is 5.48. The van der Waals surface area contributed by atoms with E-state index in [0.717, 1.165) is 12.1 Å². The van der Waals surface area contributed by atoms with E-state index in [2.05, 4.69) is 11.9 Å². The Morgan fingerprint density at radius 2 is 1.94 bits per heavy atom. The standard InChI is InChI=1S/C15H23NO2/c1-5-12-8-9-13(16-11-12)10-14(17)15(6-2,7-3)18-4/h8-9,11H,5-7,10H2,1-4H3. The molecule has 0 aliphatic rings. The molecule has 100 valence electrons. The SMILES string of the molecule is CCc1ccc(CC(=O)C(CC)(CC)OC)nc1. The van der Waals surface area contributed by atoms with Crippen molar-refractivity contribution < 1.29 is 9.53 Å². The number of aryl methyl sites for hydroxylation is 1. The van der Waals surface area contributed by atoms with Gasteiger partial charge in [-0.05, 0) is 30.9 Å². The zero-order valence-corrected chi connectivity index (χ0v) is 11.8. The van der Waals surface area contributed by atoms with Crippen LogP contribution in [0.2, 0.25) is 0 Å².